The van der Waals surface area contributed by atoms with Crippen LogP contribution in [0.3, 0.4) is 0 Å². The van der Waals surface area contributed by atoms with Crippen LogP contribution in [0.25, 0.3) is 0 Å². The zero-order chi connectivity index (χ0) is 17.9. The third-order valence-electron chi connectivity index (χ3n) is 5.16. The molecular weight excluding hydrogens is 336 g/mol. The predicted molar refractivity (Wildman–Crippen MR) is 100 cm³/mol. The van der Waals surface area contributed by atoms with Gasteiger partial charge in [0.2, 0.25) is 0 Å². The Kier molecular flexibility index (Phi) is 6.15. The van der Waals surface area contributed by atoms with Gasteiger partial charge in [-0.15, -0.1) is 11.3 Å². The molecule has 2 aliphatic rings. The molecule has 0 atom stereocenters. The van der Waals surface area contributed by atoms with E-state index >= 15 is 0 Å². The number of amides is 1. The molecule has 0 bridgehead atoms. The van der Waals surface area contributed by atoms with Crippen molar-refractivity contribution < 1.29 is 14.6 Å². The lowest BCUT2D eigenvalue weighted by atomic mass is 9.85. The summed E-state index contributed by atoms with van der Waals surface area (Å²) < 4.78 is 6.29. The quantitative estimate of drug-likeness (QED) is 0.760. The largest absolute Gasteiger partial charge is 0.396 e. The Labute approximate surface area is 154 Å². The highest BCUT2D eigenvalue weighted by atomic mass is 32.1. The first-order chi connectivity index (χ1) is 12.0. The van der Waals surface area contributed by atoms with Crippen molar-refractivity contribution in [3.63, 3.8) is 0 Å². The SMILES string of the molecule is CC(C)NC(=O)c1cc2c(s1)C1(CCN(CCCCO)CC1)OCC2. The summed E-state index contributed by atoms with van der Waals surface area (Å²) in [5, 5.41) is 11.9. The van der Waals surface area contributed by atoms with Gasteiger partial charge in [-0.05, 0) is 64.1 Å². The van der Waals surface area contributed by atoms with E-state index in [0.29, 0.717) is 0 Å². The number of hydrogen-bond acceptors (Lipinski definition) is 5. The van der Waals surface area contributed by atoms with Crippen molar-refractivity contribution >= 4 is 17.2 Å². The standard InChI is InChI=1S/C19H30N2O3S/c1-14(2)20-18(23)16-13-15-5-12-24-19(17(15)25-16)6-9-21(10-7-19)8-3-4-11-22/h13-14,22H,3-12H2,1-2H3,(H,20,23). The molecule has 1 saturated heterocycles. The monoisotopic (exact) mass is 366 g/mol. The zero-order valence-corrected chi connectivity index (χ0v) is 16.2. The third kappa shape index (κ3) is 4.25. The summed E-state index contributed by atoms with van der Waals surface area (Å²) in [6.07, 6.45) is 4.81. The summed E-state index contributed by atoms with van der Waals surface area (Å²) >= 11 is 1.62. The number of unbranched alkanes of at least 4 members (excludes halogenated alkanes) is 1. The Morgan fingerprint density at radius 3 is 2.84 bits per heavy atom. The van der Waals surface area contributed by atoms with Crippen LogP contribution in [0, 0.1) is 0 Å². The van der Waals surface area contributed by atoms with Gasteiger partial charge in [0, 0.05) is 30.6 Å². The molecule has 0 saturated carbocycles. The van der Waals surface area contributed by atoms with E-state index in [-0.39, 0.29) is 24.2 Å². The molecule has 1 aromatic heterocycles. The van der Waals surface area contributed by atoms with Gasteiger partial charge in [-0.25, -0.2) is 0 Å². The molecule has 1 spiro atoms. The van der Waals surface area contributed by atoms with Crippen LogP contribution in [0.2, 0.25) is 0 Å². The number of nitrogens with one attached hydrogen (secondary N) is 1. The van der Waals surface area contributed by atoms with Gasteiger partial charge in [0.25, 0.3) is 5.91 Å². The second kappa shape index (κ2) is 8.16. The number of thiophene rings is 1. The van der Waals surface area contributed by atoms with E-state index in [0.717, 1.165) is 63.2 Å². The maximum Gasteiger partial charge on any atom is 0.261 e. The molecule has 6 heteroatoms. The summed E-state index contributed by atoms with van der Waals surface area (Å²) in [7, 11) is 0. The smallest absolute Gasteiger partial charge is 0.261 e. The molecule has 0 radical (unpaired) electrons. The van der Waals surface area contributed by atoms with Crippen LogP contribution in [-0.2, 0) is 16.8 Å². The van der Waals surface area contributed by atoms with Crippen LogP contribution in [0.1, 0.15) is 59.6 Å². The third-order valence-corrected chi connectivity index (χ3v) is 6.52. The Morgan fingerprint density at radius 2 is 2.16 bits per heavy atom. The van der Waals surface area contributed by atoms with E-state index in [1.165, 1.54) is 10.4 Å². The van der Waals surface area contributed by atoms with Crippen molar-refractivity contribution in [1.29, 1.82) is 0 Å². The van der Waals surface area contributed by atoms with E-state index in [2.05, 4.69) is 16.3 Å². The lowest BCUT2D eigenvalue weighted by molar-refractivity contribution is -0.0951. The van der Waals surface area contributed by atoms with Gasteiger partial charge in [-0.1, -0.05) is 0 Å². The van der Waals surface area contributed by atoms with Crippen LogP contribution in [0.4, 0.5) is 0 Å². The summed E-state index contributed by atoms with van der Waals surface area (Å²) in [5.74, 6) is 0.0333. The molecular formula is C19H30N2O3S. The minimum atomic E-state index is -0.192. The number of piperidine rings is 1. The Bertz CT molecular complexity index is 591. The molecule has 2 N–H and O–H groups in total. The molecule has 0 unspecified atom stereocenters. The van der Waals surface area contributed by atoms with Gasteiger partial charge in [-0.2, -0.15) is 0 Å². The topological polar surface area (TPSA) is 61.8 Å². The minimum Gasteiger partial charge on any atom is -0.396 e. The Hall–Kier alpha value is -0.950. The van der Waals surface area contributed by atoms with E-state index < -0.39 is 0 Å². The molecule has 0 aliphatic carbocycles. The van der Waals surface area contributed by atoms with Crippen molar-refractivity contribution in [3.05, 3.63) is 21.4 Å². The number of carbonyl (C=O) groups excluding carboxylic acids is 1. The van der Waals surface area contributed by atoms with E-state index in [9.17, 15) is 4.79 Å². The average Bonchev–Trinajstić information content (AvgIpc) is 3.03. The van der Waals surface area contributed by atoms with Crippen molar-refractivity contribution in [1.82, 2.24) is 10.2 Å². The molecule has 140 valence electrons. The lowest BCUT2D eigenvalue weighted by Gasteiger charge is -2.43. The van der Waals surface area contributed by atoms with Gasteiger partial charge in [0.1, 0.15) is 5.60 Å². The normalized spacial score (nSPS) is 20.0. The first-order valence-electron chi connectivity index (χ1n) is 9.45. The predicted octanol–water partition coefficient (Wildman–Crippen LogP) is 2.52. The van der Waals surface area contributed by atoms with Gasteiger partial charge in [0.15, 0.2) is 0 Å². The first-order valence-corrected chi connectivity index (χ1v) is 10.3. The number of rotatable bonds is 6. The highest BCUT2D eigenvalue weighted by Gasteiger charge is 2.42. The Morgan fingerprint density at radius 1 is 1.40 bits per heavy atom. The molecule has 2 aliphatic heterocycles. The van der Waals surface area contributed by atoms with Crippen LogP contribution >= 0.6 is 11.3 Å². The van der Waals surface area contributed by atoms with Crippen LogP contribution < -0.4 is 5.32 Å². The van der Waals surface area contributed by atoms with E-state index in [1.807, 2.05) is 13.8 Å². The summed E-state index contributed by atoms with van der Waals surface area (Å²) in [4.78, 5) is 16.9. The number of hydrogen-bond donors (Lipinski definition) is 2. The summed E-state index contributed by atoms with van der Waals surface area (Å²) in [6.45, 7) is 8.10. The highest BCUT2D eigenvalue weighted by Crippen LogP contribution is 2.45. The van der Waals surface area contributed by atoms with E-state index in [4.69, 9.17) is 9.84 Å². The number of carbonyl (C=O) groups is 1. The minimum absolute atomic E-state index is 0.0333. The van der Waals surface area contributed by atoms with Crippen molar-refractivity contribution in [2.24, 2.45) is 0 Å². The number of likely N-dealkylation sites (tertiary alicyclic amines) is 1. The second-order valence-electron chi connectivity index (χ2n) is 7.46. The van der Waals surface area contributed by atoms with Crippen molar-refractivity contribution in [2.45, 2.75) is 57.6 Å². The fourth-order valence-electron chi connectivity index (χ4n) is 3.82. The summed E-state index contributed by atoms with van der Waals surface area (Å²) in [6, 6.07) is 2.23. The fourth-order valence-corrected chi connectivity index (χ4v) is 5.14. The number of ether oxygens (including phenoxy) is 1. The fraction of sp³-hybridized carbons (Fsp3) is 0.737. The van der Waals surface area contributed by atoms with Crippen LogP contribution in [0.15, 0.2) is 6.07 Å². The molecule has 3 rings (SSSR count). The number of fused-ring (bicyclic) bond motifs is 2. The van der Waals surface area contributed by atoms with Crippen molar-refractivity contribution in [2.75, 3.05) is 32.8 Å². The lowest BCUT2D eigenvalue weighted by Crippen LogP contribution is -2.46. The molecule has 25 heavy (non-hydrogen) atoms. The highest BCUT2D eigenvalue weighted by molar-refractivity contribution is 7.14. The summed E-state index contributed by atoms with van der Waals surface area (Å²) in [5.41, 5.74) is 1.11. The molecule has 1 aromatic rings. The van der Waals surface area contributed by atoms with E-state index in [1.54, 1.807) is 11.3 Å². The number of nitrogens with zero attached hydrogens (tertiary/aromatic N) is 1. The Balaban J connectivity index is 1.69. The average molecular weight is 367 g/mol. The molecule has 1 fully saturated rings. The first kappa shape index (κ1) is 18.8. The number of aliphatic hydroxyl groups is 1. The maximum absolute atomic E-state index is 12.4. The van der Waals surface area contributed by atoms with Gasteiger partial charge in [-0.3, -0.25) is 4.79 Å². The molecule has 5 nitrogen and oxygen atoms in total. The van der Waals surface area contributed by atoms with Gasteiger partial charge in [0.05, 0.1) is 11.5 Å². The molecule has 1 amide bonds. The van der Waals surface area contributed by atoms with Crippen LogP contribution in [-0.4, -0.2) is 54.8 Å². The zero-order valence-electron chi connectivity index (χ0n) is 15.3. The van der Waals surface area contributed by atoms with Crippen LogP contribution in [0.5, 0.6) is 0 Å². The van der Waals surface area contributed by atoms with Gasteiger partial charge < -0.3 is 20.1 Å². The molecule has 0 aromatic carbocycles. The number of aliphatic hydroxyl groups excluding tert-OH is 1. The molecule has 3 heterocycles. The second-order valence-corrected chi connectivity index (χ2v) is 8.51. The maximum atomic E-state index is 12.4. The van der Waals surface area contributed by atoms with Crippen molar-refractivity contribution in [3.8, 4) is 0 Å². The van der Waals surface area contributed by atoms with Gasteiger partial charge >= 0.3 is 0 Å².